The van der Waals surface area contributed by atoms with Crippen LogP contribution in [0.15, 0.2) is 59.6 Å². The molecule has 8 heteroatoms. The zero-order chi connectivity index (χ0) is 22.7. The number of aryl methyl sites for hydroxylation is 1. The first-order chi connectivity index (χ1) is 15.3. The topological polar surface area (TPSA) is 82.3 Å². The number of sulfonamides is 1. The summed E-state index contributed by atoms with van der Waals surface area (Å²) in [6.07, 6.45) is 4.46. The first-order valence-electron chi connectivity index (χ1n) is 10.9. The Morgan fingerprint density at radius 2 is 1.94 bits per heavy atom. The lowest BCUT2D eigenvalue weighted by molar-refractivity contribution is -0.134. The molecule has 2 aromatic carbocycles. The van der Waals surface area contributed by atoms with Gasteiger partial charge in [-0.05, 0) is 66.8 Å². The lowest BCUT2D eigenvalue weighted by Crippen LogP contribution is -2.50. The minimum atomic E-state index is -3.89. The Bertz CT molecular complexity index is 1200. The number of carbonyl (C=O) groups is 1. The fraction of sp³-hybridized carbons (Fsp3) is 0.375. The second-order valence-electron chi connectivity index (χ2n) is 8.54. The van der Waals surface area contributed by atoms with Crippen molar-refractivity contribution in [2.45, 2.75) is 43.5 Å². The van der Waals surface area contributed by atoms with Crippen molar-refractivity contribution in [3.8, 4) is 0 Å². The normalized spacial score (nSPS) is 16.4. The van der Waals surface area contributed by atoms with E-state index in [-0.39, 0.29) is 10.8 Å². The van der Waals surface area contributed by atoms with Crippen molar-refractivity contribution < 1.29 is 13.2 Å². The van der Waals surface area contributed by atoms with Crippen molar-refractivity contribution in [3.63, 3.8) is 0 Å². The number of aromatic amines is 1. The second kappa shape index (κ2) is 9.65. The molecule has 170 valence electrons. The number of likely N-dealkylation sites (tertiary alicyclic amines) is 1. The van der Waals surface area contributed by atoms with Gasteiger partial charge in [0.1, 0.15) is 6.04 Å². The number of carbonyl (C=O) groups excluding carboxylic acids is 1. The van der Waals surface area contributed by atoms with Gasteiger partial charge in [-0.1, -0.05) is 42.8 Å². The highest BCUT2D eigenvalue weighted by Gasteiger charge is 2.31. The minimum Gasteiger partial charge on any atom is -0.361 e. The third-order valence-corrected chi connectivity index (χ3v) is 8.03. The number of fused-ring (bicyclic) bond motifs is 1. The van der Waals surface area contributed by atoms with Crippen molar-refractivity contribution in [1.82, 2.24) is 14.6 Å². The average molecular weight is 474 g/mol. The largest absolute Gasteiger partial charge is 0.361 e. The molecule has 3 aromatic rings. The number of hydrogen-bond donors (Lipinski definition) is 2. The van der Waals surface area contributed by atoms with Crippen molar-refractivity contribution in [2.24, 2.45) is 5.92 Å². The molecule has 1 saturated heterocycles. The second-order valence-corrected chi connectivity index (χ2v) is 10.7. The predicted octanol–water partition coefficient (Wildman–Crippen LogP) is 4.36. The van der Waals surface area contributed by atoms with E-state index in [1.54, 1.807) is 35.4 Å². The van der Waals surface area contributed by atoms with Crippen molar-refractivity contribution in [3.05, 3.63) is 65.3 Å². The van der Waals surface area contributed by atoms with Gasteiger partial charge in [0.2, 0.25) is 15.9 Å². The standard InChI is InChI=1S/C24H28ClN3O3S/c1-17-11-14-28(15-12-17)24(29)22(9-7-18-4-2-3-5-21(18)25)27-32(30,31)20-8-6-19-10-13-26-23(19)16-20/h2-6,8,10,13,16-17,22,26-27H,7,9,11-12,14-15H2,1H3. The van der Waals surface area contributed by atoms with E-state index in [1.807, 2.05) is 24.3 Å². The van der Waals surface area contributed by atoms with E-state index in [0.29, 0.717) is 36.9 Å². The summed E-state index contributed by atoms with van der Waals surface area (Å²) in [7, 11) is -3.89. The number of benzene rings is 2. The maximum Gasteiger partial charge on any atom is 0.241 e. The van der Waals surface area contributed by atoms with Crippen LogP contribution in [-0.4, -0.2) is 43.3 Å². The SMILES string of the molecule is CC1CCN(C(=O)C(CCc2ccccc2Cl)NS(=O)(=O)c2ccc3cc[nH]c3c2)CC1. The van der Waals surface area contributed by atoms with Crippen molar-refractivity contribution in [1.29, 1.82) is 0 Å². The van der Waals surface area contributed by atoms with Gasteiger partial charge in [-0.25, -0.2) is 8.42 Å². The molecular formula is C24H28ClN3O3S. The Hall–Kier alpha value is -2.35. The Morgan fingerprint density at radius 1 is 1.19 bits per heavy atom. The number of nitrogens with zero attached hydrogens (tertiary/aromatic N) is 1. The molecule has 1 aliphatic rings. The van der Waals surface area contributed by atoms with Gasteiger partial charge < -0.3 is 9.88 Å². The molecule has 1 aromatic heterocycles. The Labute approximate surface area is 194 Å². The monoisotopic (exact) mass is 473 g/mol. The van der Waals surface area contributed by atoms with E-state index in [0.717, 1.165) is 29.3 Å². The maximum atomic E-state index is 13.4. The minimum absolute atomic E-state index is 0.134. The number of halogens is 1. The molecule has 0 radical (unpaired) electrons. The Morgan fingerprint density at radius 3 is 2.69 bits per heavy atom. The van der Waals surface area contributed by atoms with Crippen LogP contribution in [0.4, 0.5) is 0 Å². The molecule has 2 heterocycles. The third kappa shape index (κ3) is 5.17. The van der Waals surface area contributed by atoms with Gasteiger partial charge in [0, 0.05) is 29.8 Å². The van der Waals surface area contributed by atoms with Gasteiger partial charge in [0.15, 0.2) is 0 Å². The average Bonchev–Trinajstić information content (AvgIpc) is 3.25. The third-order valence-electron chi connectivity index (χ3n) is 6.19. The number of rotatable bonds is 7. The Balaban J connectivity index is 1.56. The van der Waals surface area contributed by atoms with Crippen LogP contribution in [0, 0.1) is 5.92 Å². The fourth-order valence-corrected chi connectivity index (χ4v) is 5.61. The number of aromatic nitrogens is 1. The summed E-state index contributed by atoms with van der Waals surface area (Å²) in [5.74, 6) is 0.401. The van der Waals surface area contributed by atoms with E-state index >= 15 is 0 Å². The summed E-state index contributed by atoms with van der Waals surface area (Å²) in [6.45, 7) is 3.48. The van der Waals surface area contributed by atoms with Crippen molar-refractivity contribution in [2.75, 3.05) is 13.1 Å². The summed E-state index contributed by atoms with van der Waals surface area (Å²) < 4.78 is 29.1. The van der Waals surface area contributed by atoms with Crippen LogP contribution >= 0.6 is 11.6 Å². The van der Waals surface area contributed by atoms with Crippen LogP contribution in [0.1, 0.15) is 31.7 Å². The zero-order valence-corrected chi connectivity index (χ0v) is 19.6. The molecule has 1 unspecified atom stereocenters. The smallest absolute Gasteiger partial charge is 0.241 e. The lowest BCUT2D eigenvalue weighted by atomic mass is 9.98. The van der Waals surface area contributed by atoms with Gasteiger partial charge in [-0.15, -0.1) is 0 Å². The molecular weight excluding hydrogens is 446 g/mol. The fourth-order valence-electron chi connectivity index (χ4n) is 4.13. The highest BCUT2D eigenvalue weighted by molar-refractivity contribution is 7.89. The van der Waals surface area contributed by atoms with E-state index < -0.39 is 16.1 Å². The van der Waals surface area contributed by atoms with Crippen LogP contribution in [-0.2, 0) is 21.2 Å². The summed E-state index contributed by atoms with van der Waals surface area (Å²) in [5.41, 5.74) is 1.63. The van der Waals surface area contributed by atoms with E-state index in [1.165, 1.54) is 0 Å². The van der Waals surface area contributed by atoms with E-state index in [2.05, 4.69) is 16.6 Å². The predicted molar refractivity (Wildman–Crippen MR) is 127 cm³/mol. The summed E-state index contributed by atoms with van der Waals surface area (Å²) in [6, 6.07) is 13.4. The molecule has 0 aliphatic carbocycles. The van der Waals surface area contributed by atoms with E-state index in [9.17, 15) is 13.2 Å². The molecule has 0 bridgehead atoms. The number of H-pyrrole nitrogens is 1. The van der Waals surface area contributed by atoms with E-state index in [4.69, 9.17) is 11.6 Å². The number of piperidine rings is 1. The Kier molecular flexibility index (Phi) is 6.88. The first kappa shape index (κ1) is 22.8. The van der Waals surface area contributed by atoms with Crippen LogP contribution in [0.2, 0.25) is 5.02 Å². The van der Waals surface area contributed by atoms with Crippen LogP contribution in [0.3, 0.4) is 0 Å². The number of nitrogens with one attached hydrogen (secondary N) is 2. The first-order valence-corrected chi connectivity index (χ1v) is 12.8. The molecule has 1 atom stereocenters. The van der Waals surface area contributed by atoms with Crippen molar-refractivity contribution >= 4 is 38.4 Å². The molecule has 0 saturated carbocycles. The lowest BCUT2D eigenvalue weighted by Gasteiger charge is -2.33. The summed E-state index contributed by atoms with van der Waals surface area (Å²) in [4.78, 5) is 18.3. The van der Waals surface area contributed by atoms with Gasteiger partial charge in [-0.3, -0.25) is 4.79 Å². The van der Waals surface area contributed by atoms with Crippen LogP contribution in [0.5, 0.6) is 0 Å². The molecule has 6 nitrogen and oxygen atoms in total. The molecule has 32 heavy (non-hydrogen) atoms. The molecule has 1 aliphatic heterocycles. The quantitative estimate of drug-likeness (QED) is 0.534. The van der Waals surface area contributed by atoms with Gasteiger partial charge in [-0.2, -0.15) is 4.72 Å². The molecule has 0 spiro atoms. The number of amides is 1. The molecule has 2 N–H and O–H groups in total. The van der Waals surface area contributed by atoms with Crippen LogP contribution in [0.25, 0.3) is 10.9 Å². The molecule has 1 fully saturated rings. The maximum absolute atomic E-state index is 13.4. The highest BCUT2D eigenvalue weighted by atomic mass is 35.5. The van der Waals surface area contributed by atoms with Crippen LogP contribution < -0.4 is 4.72 Å². The zero-order valence-electron chi connectivity index (χ0n) is 18.1. The molecule has 1 amide bonds. The molecule has 4 rings (SSSR count). The number of hydrogen-bond acceptors (Lipinski definition) is 3. The van der Waals surface area contributed by atoms with Gasteiger partial charge in [0.05, 0.1) is 4.90 Å². The van der Waals surface area contributed by atoms with Gasteiger partial charge in [0.25, 0.3) is 0 Å². The summed E-state index contributed by atoms with van der Waals surface area (Å²) >= 11 is 6.29. The highest BCUT2D eigenvalue weighted by Crippen LogP contribution is 2.22. The summed E-state index contributed by atoms with van der Waals surface area (Å²) in [5, 5.41) is 1.54. The van der Waals surface area contributed by atoms with Gasteiger partial charge >= 0.3 is 0 Å².